The molecule has 3 rings (SSSR count). The van der Waals surface area contributed by atoms with Crippen LogP contribution in [0.5, 0.6) is 0 Å². The van der Waals surface area contributed by atoms with E-state index in [4.69, 9.17) is 16.6 Å². The Morgan fingerprint density at radius 2 is 2.11 bits per heavy atom. The minimum Gasteiger partial charge on any atom is -0.355 e. The van der Waals surface area contributed by atoms with Crippen LogP contribution in [-0.2, 0) is 5.88 Å². The predicted octanol–water partition coefficient (Wildman–Crippen LogP) is 3.31. The number of alkyl halides is 1. The molecule has 0 saturated carbocycles. The molecule has 2 aromatic rings. The Labute approximate surface area is 112 Å². The first kappa shape index (κ1) is 11.8. The molecule has 0 amide bonds. The summed E-state index contributed by atoms with van der Waals surface area (Å²) in [5.74, 6) is 2.41. The number of anilines is 1. The Bertz CT molecular complexity index is 541. The van der Waals surface area contributed by atoms with Crippen LogP contribution in [0.4, 0.5) is 5.82 Å². The van der Waals surface area contributed by atoms with E-state index in [9.17, 15) is 0 Å². The number of hydrogen-bond acceptors (Lipinski definition) is 2. The average Bonchev–Trinajstić information content (AvgIpc) is 2.78. The lowest BCUT2D eigenvalue weighted by atomic mass is 9.99. The van der Waals surface area contributed by atoms with Crippen molar-refractivity contribution < 1.29 is 0 Å². The molecule has 1 aliphatic rings. The lowest BCUT2D eigenvalue weighted by Gasteiger charge is -2.31. The van der Waals surface area contributed by atoms with Gasteiger partial charge in [0.05, 0.1) is 11.6 Å². The highest BCUT2D eigenvalue weighted by Crippen LogP contribution is 2.27. The van der Waals surface area contributed by atoms with Crippen molar-refractivity contribution in [3.05, 3.63) is 30.1 Å². The molecule has 0 aliphatic carbocycles. The number of piperidine rings is 1. The van der Waals surface area contributed by atoms with Crippen LogP contribution in [-0.4, -0.2) is 22.5 Å². The zero-order chi connectivity index (χ0) is 12.5. The van der Waals surface area contributed by atoms with Crippen LogP contribution in [0.25, 0.3) is 5.65 Å². The summed E-state index contributed by atoms with van der Waals surface area (Å²) in [6.45, 7) is 4.51. The summed E-state index contributed by atoms with van der Waals surface area (Å²) in [7, 11) is 0. The number of pyridine rings is 1. The molecule has 1 fully saturated rings. The number of imidazole rings is 1. The van der Waals surface area contributed by atoms with Crippen LogP contribution in [0.15, 0.2) is 24.4 Å². The van der Waals surface area contributed by atoms with Gasteiger partial charge in [-0.25, -0.2) is 4.98 Å². The van der Waals surface area contributed by atoms with E-state index >= 15 is 0 Å². The lowest BCUT2D eigenvalue weighted by Crippen LogP contribution is -2.33. The second-order valence-corrected chi connectivity index (χ2v) is 5.38. The van der Waals surface area contributed by atoms with Crippen LogP contribution in [0.3, 0.4) is 0 Å². The van der Waals surface area contributed by atoms with Crippen LogP contribution in [0, 0.1) is 5.92 Å². The molecule has 96 valence electrons. The van der Waals surface area contributed by atoms with Crippen molar-refractivity contribution in [2.75, 3.05) is 18.0 Å². The van der Waals surface area contributed by atoms with Gasteiger partial charge in [-0.05, 0) is 30.9 Å². The van der Waals surface area contributed by atoms with E-state index in [0.29, 0.717) is 5.88 Å². The quantitative estimate of drug-likeness (QED) is 0.775. The third kappa shape index (κ3) is 1.97. The summed E-state index contributed by atoms with van der Waals surface area (Å²) in [5, 5.41) is 0. The summed E-state index contributed by atoms with van der Waals surface area (Å²) in [4.78, 5) is 7.12. The molecule has 0 aromatic carbocycles. The van der Waals surface area contributed by atoms with Gasteiger partial charge in [-0.2, -0.15) is 0 Å². The van der Waals surface area contributed by atoms with Crippen molar-refractivity contribution in [2.45, 2.75) is 25.6 Å². The monoisotopic (exact) mass is 263 g/mol. The minimum atomic E-state index is 0.507. The minimum absolute atomic E-state index is 0.507. The van der Waals surface area contributed by atoms with Gasteiger partial charge in [0.15, 0.2) is 5.82 Å². The SMILES string of the molecule is CC1CCN(c2nc3ccccn3c2CCl)CC1. The first-order valence-corrected chi connectivity index (χ1v) is 7.10. The van der Waals surface area contributed by atoms with Crippen LogP contribution in [0.1, 0.15) is 25.5 Å². The molecular formula is C14H18ClN3. The van der Waals surface area contributed by atoms with Gasteiger partial charge >= 0.3 is 0 Å². The van der Waals surface area contributed by atoms with Crippen LogP contribution in [0.2, 0.25) is 0 Å². The molecule has 0 bridgehead atoms. The van der Waals surface area contributed by atoms with Gasteiger partial charge < -0.3 is 9.30 Å². The highest BCUT2D eigenvalue weighted by molar-refractivity contribution is 6.17. The maximum Gasteiger partial charge on any atom is 0.152 e. The zero-order valence-electron chi connectivity index (χ0n) is 10.6. The van der Waals surface area contributed by atoms with E-state index in [1.807, 2.05) is 24.4 Å². The fraction of sp³-hybridized carbons (Fsp3) is 0.500. The largest absolute Gasteiger partial charge is 0.355 e. The summed E-state index contributed by atoms with van der Waals surface area (Å²) < 4.78 is 2.10. The maximum atomic E-state index is 6.11. The molecule has 1 saturated heterocycles. The molecule has 18 heavy (non-hydrogen) atoms. The Morgan fingerprint density at radius 1 is 1.33 bits per heavy atom. The Morgan fingerprint density at radius 3 is 2.83 bits per heavy atom. The first-order chi connectivity index (χ1) is 8.79. The van der Waals surface area contributed by atoms with Crippen LogP contribution < -0.4 is 4.90 Å². The van der Waals surface area contributed by atoms with E-state index in [1.54, 1.807) is 0 Å². The second kappa shape index (κ2) is 4.81. The molecule has 0 N–H and O–H groups in total. The molecule has 4 heteroatoms. The van der Waals surface area contributed by atoms with E-state index in [1.165, 1.54) is 12.8 Å². The van der Waals surface area contributed by atoms with Crippen molar-refractivity contribution >= 4 is 23.1 Å². The van der Waals surface area contributed by atoms with Gasteiger partial charge in [0.25, 0.3) is 0 Å². The molecule has 0 radical (unpaired) electrons. The molecule has 1 aliphatic heterocycles. The second-order valence-electron chi connectivity index (χ2n) is 5.11. The zero-order valence-corrected chi connectivity index (χ0v) is 11.4. The van der Waals surface area contributed by atoms with Gasteiger partial charge in [0.2, 0.25) is 0 Å². The van der Waals surface area contributed by atoms with E-state index in [-0.39, 0.29) is 0 Å². The number of rotatable bonds is 2. The summed E-state index contributed by atoms with van der Waals surface area (Å²) in [6, 6.07) is 6.07. The van der Waals surface area contributed by atoms with Crippen molar-refractivity contribution in [3.8, 4) is 0 Å². The number of aromatic nitrogens is 2. The van der Waals surface area contributed by atoms with Crippen molar-refractivity contribution in [1.29, 1.82) is 0 Å². The average molecular weight is 264 g/mol. The molecule has 2 aromatic heterocycles. The Balaban J connectivity index is 2.00. The van der Waals surface area contributed by atoms with Gasteiger partial charge in [0.1, 0.15) is 5.65 Å². The van der Waals surface area contributed by atoms with E-state index in [2.05, 4.69) is 16.2 Å². The van der Waals surface area contributed by atoms with Crippen molar-refractivity contribution in [1.82, 2.24) is 9.38 Å². The smallest absolute Gasteiger partial charge is 0.152 e. The topological polar surface area (TPSA) is 20.5 Å². The molecule has 3 nitrogen and oxygen atoms in total. The van der Waals surface area contributed by atoms with E-state index < -0.39 is 0 Å². The third-order valence-electron chi connectivity index (χ3n) is 3.82. The van der Waals surface area contributed by atoms with Gasteiger partial charge in [-0.3, -0.25) is 0 Å². The Hall–Kier alpha value is -1.22. The molecule has 3 heterocycles. The molecule has 0 unspecified atom stereocenters. The van der Waals surface area contributed by atoms with Crippen LogP contribution >= 0.6 is 11.6 Å². The van der Waals surface area contributed by atoms with E-state index in [0.717, 1.165) is 36.2 Å². The van der Waals surface area contributed by atoms with Crippen molar-refractivity contribution in [2.24, 2.45) is 5.92 Å². The number of hydrogen-bond donors (Lipinski definition) is 0. The first-order valence-electron chi connectivity index (χ1n) is 6.56. The fourth-order valence-electron chi connectivity index (χ4n) is 2.63. The normalized spacial score (nSPS) is 17.6. The lowest BCUT2D eigenvalue weighted by molar-refractivity contribution is 0.436. The summed E-state index contributed by atoms with van der Waals surface area (Å²) >= 11 is 6.11. The number of nitrogens with zero attached hydrogens (tertiary/aromatic N) is 3. The highest BCUT2D eigenvalue weighted by atomic mass is 35.5. The molecular weight excluding hydrogens is 246 g/mol. The fourth-order valence-corrected chi connectivity index (χ4v) is 2.88. The number of halogens is 1. The maximum absolute atomic E-state index is 6.11. The Kier molecular flexibility index (Phi) is 3.16. The number of fused-ring (bicyclic) bond motifs is 1. The van der Waals surface area contributed by atoms with Gasteiger partial charge in [-0.15, -0.1) is 11.6 Å². The van der Waals surface area contributed by atoms with Crippen molar-refractivity contribution in [3.63, 3.8) is 0 Å². The third-order valence-corrected chi connectivity index (χ3v) is 4.07. The predicted molar refractivity (Wildman–Crippen MR) is 75.4 cm³/mol. The standard InChI is InChI=1S/C14H18ClN3/c1-11-5-8-17(9-6-11)14-12(10-15)18-7-3-2-4-13(18)16-14/h2-4,7,11H,5-6,8-10H2,1H3. The molecule has 0 atom stereocenters. The van der Waals surface area contributed by atoms with Gasteiger partial charge in [0, 0.05) is 19.3 Å². The molecule has 0 spiro atoms. The summed E-state index contributed by atoms with van der Waals surface area (Å²) in [6.07, 6.45) is 4.53. The van der Waals surface area contributed by atoms with Gasteiger partial charge in [-0.1, -0.05) is 13.0 Å². The highest BCUT2D eigenvalue weighted by Gasteiger charge is 2.21. The summed E-state index contributed by atoms with van der Waals surface area (Å²) in [5.41, 5.74) is 2.10.